The summed E-state index contributed by atoms with van der Waals surface area (Å²) in [6.07, 6.45) is 0. The lowest BCUT2D eigenvalue weighted by molar-refractivity contribution is 0.354. The smallest absolute Gasteiger partial charge is 0.161 e. The van der Waals surface area contributed by atoms with Gasteiger partial charge in [-0.1, -0.05) is 19.9 Å². The molecule has 0 heterocycles. The van der Waals surface area contributed by atoms with Crippen LogP contribution in [0.15, 0.2) is 18.2 Å². The zero-order valence-electron chi connectivity index (χ0n) is 12.4. The van der Waals surface area contributed by atoms with Crippen molar-refractivity contribution in [3.05, 3.63) is 23.8 Å². The molecule has 0 bridgehead atoms. The first-order valence-electron chi connectivity index (χ1n) is 6.47. The van der Waals surface area contributed by atoms with Gasteiger partial charge in [0.05, 0.1) is 25.7 Å². The first kappa shape index (κ1) is 16.8. The molecule has 6 heteroatoms. The van der Waals surface area contributed by atoms with Gasteiger partial charge in [-0.2, -0.15) is 0 Å². The maximum Gasteiger partial charge on any atom is 0.161 e. The van der Waals surface area contributed by atoms with Crippen LogP contribution in [0, 0.1) is 5.92 Å². The average molecular weight is 301 g/mol. The molecule has 0 aliphatic rings. The lowest BCUT2D eigenvalue weighted by Gasteiger charge is -2.16. The second-order valence-electron chi connectivity index (χ2n) is 5.19. The molecule has 0 aromatic heterocycles. The number of ether oxygens (including phenoxy) is 2. The summed E-state index contributed by atoms with van der Waals surface area (Å²) >= 11 is 0. The fourth-order valence-corrected chi connectivity index (χ4v) is 3.92. The van der Waals surface area contributed by atoms with Gasteiger partial charge in [0.1, 0.15) is 0 Å². The summed E-state index contributed by atoms with van der Waals surface area (Å²) in [4.78, 5) is 0. The van der Waals surface area contributed by atoms with Crippen LogP contribution in [0.4, 0.5) is 0 Å². The molecular weight excluding hydrogens is 278 g/mol. The molecule has 0 fully saturated rings. The third-order valence-corrected chi connectivity index (χ3v) is 4.90. The van der Waals surface area contributed by atoms with Crippen LogP contribution in [0.1, 0.15) is 25.5 Å². The summed E-state index contributed by atoms with van der Waals surface area (Å²) in [5.74, 6) is 1.31. The summed E-state index contributed by atoms with van der Waals surface area (Å²) in [6, 6.07) is 4.63. The van der Waals surface area contributed by atoms with Crippen LogP contribution in [0.25, 0.3) is 0 Å². The number of hydrogen-bond acceptors (Lipinski definition) is 5. The number of sulfone groups is 1. The van der Waals surface area contributed by atoms with Gasteiger partial charge in [-0.15, -0.1) is 0 Å². The Morgan fingerprint density at radius 2 is 1.70 bits per heavy atom. The maximum absolute atomic E-state index is 12.0. The molecule has 0 spiro atoms. The molecule has 5 nitrogen and oxygen atoms in total. The van der Waals surface area contributed by atoms with E-state index < -0.39 is 15.9 Å². The molecule has 0 saturated carbocycles. The van der Waals surface area contributed by atoms with E-state index in [1.54, 1.807) is 25.3 Å². The van der Waals surface area contributed by atoms with Crippen LogP contribution >= 0.6 is 0 Å². The quantitative estimate of drug-likeness (QED) is 0.830. The van der Waals surface area contributed by atoms with Gasteiger partial charge in [-0.25, -0.2) is 8.42 Å². The first-order valence-corrected chi connectivity index (χ1v) is 8.29. The van der Waals surface area contributed by atoms with Gasteiger partial charge < -0.3 is 15.2 Å². The Labute approximate surface area is 121 Å². The zero-order valence-corrected chi connectivity index (χ0v) is 13.2. The van der Waals surface area contributed by atoms with E-state index in [1.807, 2.05) is 13.8 Å². The molecule has 1 aromatic rings. The van der Waals surface area contributed by atoms with Gasteiger partial charge in [0, 0.05) is 6.04 Å². The molecule has 20 heavy (non-hydrogen) atoms. The van der Waals surface area contributed by atoms with Crippen molar-refractivity contribution >= 4 is 9.84 Å². The third-order valence-electron chi connectivity index (χ3n) is 2.86. The number of rotatable bonds is 7. The Bertz CT molecular complexity index is 540. The van der Waals surface area contributed by atoms with Crippen LogP contribution in [0.3, 0.4) is 0 Å². The molecule has 2 N–H and O–H groups in total. The monoisotopic (exact) mass is 301 g/mol. The topological polar surface area (TPSA) is 78.6 Å². The van der Waals surface area contributed by atoms with Crippen molar-refractivity contribution in [3.63, 3.8) is 0 Å². The van der Waals surface area contributed by atoms with Crippen LogP contribution in [-0.2, 0) is 9.84 Å². The minimum Gasteiger partial charge on any atom is -0.493 e. The van der Waals surface area contributed by atoms with Crippen molar-refractivity contribution in [1.82, 2.24) is 0 Å². The van der Waals surface area contributed by atoms with E-state index in [0.717, 1.165) is 5.56 Å². The van der Waals surface area contributed by atoms with E-state index in [-0.39, 0.29) is 17.4 Å². The Kier molecular flexibility index (Phi) is 5.83. The van der Waals surface area contributed by atoms with Crippen LogP contribution < -0.4 is 15.2 Å². The Morgan fingerprint density at radius 3 is 2.20 bits per heavy atom. The highest BCUT2D eigenvalue weighted by molar-refractivity contribution is 7.91. The van der Waals surface area contributed by atoms with Gasteiger partial charge in [-0.3, -0.25) is 0 Å². The van der Waals surface area contributed by atoms with E-state index in [4.69, 9.17) is 15.2 Å². The molecule has 1 unspecified atom stereocenters. The lowest BCUT2D eigenvalue weighted by atomic mass is 10.1. The van der Waals surface area contributed by atoms with Gasteiger partial charge in [-0.05, 0) is 23.6 Å². The molecule has 1 atom stereocenters. The predicted octanol–water partition coefficient (Wildman–Crippen LogP) is 1.77. The minimum absolute atomic E-state index is 0.0688. The minimum atomic E-state index is -3.16. The Balaban J connectivity index is 2.90. The molecular formula is C14H23NO4S. The number of methoxy groups -OCH3 is 2. The summed E-state index contributed by atoms with van der Waals surface area (Å²) in [6.45, 7) is 3.75. The van der Waals surface area contributed by atoms with Gasteiger partial charge >= 0.3 is 0 Å². The highest BCUT2D eigenvalue weighted by atomic mass is 32.2. The van der Waals surface area contributed by atoms with Crippen molar-refractivity contribution in [1.29, 1.82) is 0 Å². The Hall–Kier alpha value is -1.27. The summed E-state index contributed by atoms with van der Waals surface area (Å²) in [5.41, 5.74) is 6.71. The lowest BCUT2D eigenvalue weighted by Crippen LogP contribution is -2.25. The summed E-state index contributed by atoms with van der Waals surface area (Å²) in [7, 11) is -0.0839. The van der Waals surface area contributed by atoms with Gasteiger partial charge in [0.2, 0.25) is 0 Å². The van der Waals surface area contributed by atoms with Crippen molar-refractivity contribution in [2.45, 2.75) is 19.9 Å². The van der Waals surface area contributed by atoms with E-state index >= 15 is 0 Å². The molecule has 0 aliphatic heterocycles. The molecule has 0 radical (unpaired) electrons. The average Bonchev–Trinajstić information content (AvgIpc) is 2.35. The van der Waals surface area contributed by atoms with E-state index in [2.05, 4.69) is 0 Å². The second kappa shape index (κ2) is 6.95. The molecule has 0 saturated heterocycles. The second-order valence-corrected chi connectivity index (χ2v) is 7.35. The first-order chi connectivity index (χ1) is 9.29. The van der Waals surface area contributed by atoms with Crippen LogP contribution in [0.5, 0.6) is 11.5 Å². The number of benzene rings is 1. The molecule has 114 valence electrons. The van der Waals surface area contributed by atoms with Crippen LogP contribution in [0.2, 0.25) is 0 Å². The van der Waals surface area contributed by atoms with Crippen molar-refractivity contribution < 1.29 is 17.9 Å². The number of hydrogen-bond donors (Lipinski definition) is 1. The highest BCUT2D eigenvalue weighted by Crippen LogP contribution is 2.29. The fraction of sp³-hybridized carbons (Fsp3) is 0.571. The Morgan fingerprint density at radius 1 is 1.10 bits per heavy atom. The normalized spacial score (nSPS) is 13.3. The third kappa shape index (κ3) is 4.68. The van der Waals surface area contributed by atoms with Crippen LogP contribution in [-0.4, -0.2) is 34.1 Å². The van der Waals surface area contributed by atoms with Gasteiger partial charge in [0.25, 0.3) is 0 Å². The molecule has 1 rings (SSSR count). The summed E-state index contributed by atoms with van der Waals surface area (Å²) in [5, 5.41) is 0. The molecule has 0 amide bonds. The van der Waals surface area contributed by atoms with Crippen molar-refractivity contribution in [2.24, 2.45) is 11.7 Å². The predicted molar refractivity (Wildman–Crippen MR) is 80.0 cm³/mol. The van der Waals surface area contributed by atoms with E-state index in [1.165, 1.54) is 7.11 Å². The summed E-state index contributed by atoms with van der Waals surface area (Å²) < 4.78 is 34.3. The van der Waals surface area contributed by atoms with E-state index in [9.17, 15) is 8.42 Å². The SMILES string of the molecule is COc1ccc(C(N)CS(=O)(=O)CC(C)C)cc1OC. The number of nitrogens with two attached hydrogens (primary N) is 1. The molecule has 1 aromatic carbocycles. The van der Waals surface area contributed by atoms with E-state index in [0.29, 0.717) is 11.5 Å². The fourth-order valence-electron chi connectivity index (χ4n) is 2.03. The van der Waals surface area contributed by atoms with Crippen molar-refractivity contribution in [2.75, 3.05) is 25.7 Å². The zero-order chi connectivity index (χ0) is 15.3. The maximum atomic E-state index is 12.0. The van der Waals surface area contributed by atoms with Gasteiger partial charge in [0.15, 0.2) is 21.3 Å². The van der Waals surface area contributed by atoms with Crippen molar-refractivity contribution in [3.8, 4) is 11.5 Å². The standard InChI is InChI=1S/C14H23NO4S/c1-10(2)8-20(16,17)9-12(15)11-5-6-13(18-3)14(7-11)19-4/h5-7,10,12H,8-9,15H2,1-4H3. The molecule has 0 aliphatic carbocycles. The largest absolute Gasteiger partial charge is 0.493 e. The highest BCUT2D eigenvalue weighted by Gasteiger charge is 2.20.